The number of nitrogens with two attached hydrogens (primary N) is 1. The lowest BCUT2D eigenvalue weighted by Gasteiger charge is -2.17. The van der Waals surface area contributed by atoms with Crippen LogP contribution in [0.25, 0.3) is 0 Å². The van der Waals surface area contributed by atoms with Crippen molar-refractivity contribution in [1.29, 1.82) is 0 Å². The molecule has 2 amide bonds. The minimum atomic E-state index is -5.02. The van der Waals surface area contributed by atoms with Gasteiger partial charge in [0.2, 0.25) is 11.8 Å². The van der Waals surface area contributed by atoms with Crippen LogP contribution in [0.15, 0.2) is 48.5 Å². The maximum absolute atomic E-state index is 12.9. The minimum absolute atomic E-state index is 0.0204. The van der Waals surface area contributed by atoms with Crippen LogP contribution in [0.3, 0.4) is 0 Å². The Morgan fingerprint density at radius 3 is 1.87 bits per heavy atom. The highest BCUT2D eigenvalue weighted by Crippen LogP contribution is 2.36. The molecule has 0 radical (unpaired) electrons. The molecule has 1 atom stereocenters. The molecule has 0 saturated carbocycles. The number of rotatable bonds is 7. The number of benzene rings is 2. The van der Waals surface area contributed by atoms with Gasteiger partial charge in [-0.05, 0) is 42.2 Å². The normalized spacial score (nSPS) is 13.0. The van der Waals surface area contributed by atoms with Gasteiger partial charge in [0.15, 0.2) is 0 Å². The van der Waals surface area contributed by atoms with Crippen molar-refractivity contribution in [2.24, 2.45) is 5.73 Å². The van der Waals surface area contributed by atoms with Gasteiger partial charge in [0.1, 0.15) is 6.04 Å². The zero-order valence-corrected chi connectivity index (χ0v) is 15.5. The summed E-state index contributed by atoms with van der Waals surface area (Å²) in [5.74, 6) is -1.78. The zero-order chi connectivity index (χ0) is 22.5. The monoisotopic (exact) mass is 432 g/mol. The van der Waals surface area contributed by atoms with Crippen molar-refractivity contribution in [1.82, 2.24) is 5.32 Å². The first kappa shape index (κ1) is 23.2. The van der Waals surface area contributed by atoms with Gasteiger partial charge in [0.25, 0.3) is 0 Å². The van der Waals surface area contributed by atoms with E-state index in [4.69, 9.17) is 5.73 Å². The number of hydrogen-bond donors (Lipinski definition) is 2. The first-order valence-electron chi connectivity index (χ1n) is 8.77. The Hall–Kier alpha value is -3.04. The van der Waals surface area contributed by atoms with E-state index in [1.165, 1.54) is 0 Å². The second-order valence-electron chi connectivity index (χ2n) is 6.64. The SMILES string of the molecule is NC(=O)[C@@H](CCc1ccccc1)NC(=O)Cc1cc(C(F)(F)F)cc(C(F)(F)F)c1. The van der Waals surface area contributed by atoms with Gasteiger partial charge in [0, 0.05) is 0 Å². The Morgan fingerprint density at radius 1 is 0.867 bits per heavy atom. The molecule has 0 unspecified atom stereocenters. The fourth-order valence-electron chi connectivity index (χ4n) is 2.79. The van der Waals surface area contributed by atoms with Crippen molar-refractivity contribution in [2.45, 2.75) is 37.7 Å². The highest BCUT2D eigenvalue weighted by Gasteiger charge is 2.37. The van der Waals surface area contributed by atoms with Crippen molar-refractivity contribution in [3.8, 4) is 0 Å². The summed E-state index contributed by atoms with van der Waals surface area (Å²) >= 11 is 0. The van der Waals surface area contributed by atoms with Gasteiger partial charge < -0.3 is 11.1 Å². The fraction of sp³-hybridized carbons (Fsp3) is 0.300. The standard InChI is InChI=1S/C20H18F6N2O2/c21-19(22,23)14-8-13(9-15(11-14)20(24,25)26)10-17(29)28-16(18(27)30)7-6-12-4-2-1-3-5-12/h1-5,8-9,11,16H,6-7,10H2,(H2,27,30)(H,28,29)/t16-/m1/s1. The molecule has 0 bridgehead atoms. The number of amides is 2. The average molecular weight is 432 g/mol. The van der Waals surface area contributed by atoms with Crippen LogP contribution in [0, 0.1) is 0 Å². The molecule has 0 aliphatic heterocycles. The van der Waals surface area contributed by atoms with Gasteiger partial charge in [0.05, 0.1) is 17.5 Å². The first-order chi connectivity index (χ1) is 13.9. The van der Waals surface area contributed by atoms with E-state index in [1.807, 2.05) is 0 Å². The predicted molar refractivity (Wildman–Crippen MR) is 96.0 cm³/mol. The molecule has 2 aromatic carbocycles. The molecule has 30 heavy (non-hydrogen) atoms. The number of alkyl halides is 6. The number of hydrogen-bond acceptors (Lipinski definition) is 2. The smallest absolute Gasteiger partial charge is 0.368 e. The summed E-state index contributed by atoms with van der Waals surface area (Å²) in [6.45, 7) is 0. The zero-order valence-electron chi connectivity index (χ0n) is 15.5. The van der Waals surface area contributed by atoms with E-state index >= 15 is 0 Å². The van der Waals surface area contributed by atoms with Gasteiger partial charge >= 0.3 is 12.4 Å². The molecule has 2 aromatic rings. The highest BCUT2D eigenvalue weighted by atomic mass is 19.4. The van der Waals surface area contributed by atoms with Crippen molar-refractivity contribution in [3.05, 3.63) is 70.8 Å². The number of nitrogens with one attached hydrogen (secondary N) is 1. The van der Waals surface area contributed by atoms with E-state index in [1.54, 1.807) is 30.3 Å². The Balaban J connectivity index is 2.14. The molecule has 4 nitrogen and oxygen atoms in total. The molecule has 0 spiro atoms. The molecule has 0 aliphatic carbocycles. The average Bonchev–Trinajstić information content (AvgIpc) is 2.64. The van der Waals surface area contributed by atoms with Crippen molar-refractivity contribution in [2.75, 3.05) is 0 Å². The summed E-state index contributed by atoms with van der Waals surface area (Å²) in [6.07, 6.45) is -10.3. The van der Waals surface area contributed by atoms with Crippen molar-refractivity contribution in [3.63, 3.8) is 0 Å². The van der Waals surface area contributed by atoms with Crippen LogP contribution in [0.5, 0.6) is 0 Å². The van der Waals surface area contributed by atoms with Crippen LogP contribution < -0.4 is 11.1 Å². The van der Waals surface area contributed by atoms with Crippen LogP contribution in [0.4, 0.5) is 26.3 Å². The number of carbonyl (C=O) groups is 2. The molecule has 0 aromatic heterocycles. The molecule has 0 heterocycles. The van der Waals surface area contributed by atoms with Gasteiger partial charge in [-0.3, -0.25) is 9.59 Å². The molecule has 0 fully saturated rings. The highest BCUT2D eigenvalue weighted by molar-refractivity contribution is 5.87. The van der Waals surface area contributed by atoms with Crippen LogP contribution in [-0.4, -0.2) is 17.9 Å². The summed E-state index contributed by atoms with van der Waals surface area (Å²) in [4.78, 5) is 23.8. The fourth-order valence-corrected chi connectivity index (χ4v) is 2.79. The second kappa shape index (κ2) is 9.19. The summed E-state index contributed by atoms with van der Waals surface area (Å²) in [7, 11) is 0. The van der Waals surface area contributed by atoms with Crippen LogP contribution in [0.2, 0.25) is 0 Å². The van der Waals surface area contributed by atoms with E-state index in [2.05, 4.69) is 5.32 Å². The summed E-state index contributed by atoms with van der Waals surface area (Å²) < 4.78 is 77.5. The maximum Gasteiger partial charge on any atom is 0.416 e. The molecule has 10 heteroatoms. The molecule has 3 N–H and O–H groups in total. The van der Waals surface area contributed by atoms with E-state index in [0.717, 1.165) is 5.56 Å². The summed E-state index contributed by atoms with van der Waals surface area (Å²) in [6, 6.07) is 8.73. The first-order valence-corrected chi connectivity index (χ1v) is 8.77. The van der Waals surface area contributed by atoms with E-state index < -0.39 is 53.3 Å². The third-order valence-corrected chi connectivity index (χ3v) is 4.26. The quantitative estimate of drug-likeness (QED) is 0.652. The Morgan fingerprint density at radius 2 is 1.40 bits per heavy atom. The molecule has 0 aliphatic rings. The lowest BCUT2D eigenvalue weighted by Crippen LogP contribution is -2.45. The molecule has 162 valence electrons. The Labute approximate surface area is 168 Å². The Kier molecular flexibility index (Phi) is 7.12. The largest absolute Gasteiger partial charge is 0.416 e. The van der Waals surface area contributed by atoms with Gasteiger partial charge in [-0.15, -0.1) is 0 Å². The topological polar surface area (TPSA) is 72.2 Å². The van der Waals surface area contributed by atoms with E-state index in [-0.39, 0.29) is 12.5 Å². The lowest BCUT2D eigenvalue weighted by atomic mass is 10.0. The molecule has 2 rings (SSSR count). The predicted octanol–water partition coefficient (Wildman–Crippen LogP) is 3.87. The van der Waals surface area contributed by atoms with Crippen molar-refractivity contribution < 1.29 is 35.9 Å². The van der Waals surface area contributed by atoms with Crippen molar-refractivity contribution >= 4 is 11.8 Å². The van der Waals surface area contributed by atoms with Crippen LogP contribution in [-0.2, 0) is 34.8 Å². The van der Waals surface area contributed by atoms with Crippen LogP contribution >= 0.6 is 0 Å². The summed E-state index contributed by atoms with van der Waals surface area (Å²) in [5.41, 5.74) is 2.60. The Bertz CT molecular complexity index is 862. The minimum Gasteiger partial charge on any atom is -0.368 e. The molecule has 0 saturated heterocycles. The second-order valence-corrected chi connectivity index (χ2v) is 6.64. The molecular formula is C20H18F6N2O2. The van der Waals surface area contributed by atoms with Gasteiger partial charge in [-0.1, -0.05) is 30.3 Å². The lowest BCUT2D eigenvalue weighted by molar-refractivity contribution is -0.143. The number of carbonyl (C=O) groups excluding carboxylic acids is 2. The van der Waals surface area contributed by atoms with Gasteiger partial charge in [-0.25, -0.2) is 0 Å². The van der Waals surface area contributed by atoms with Crippen LogP contribution in [0.1, 0.15) is 28.7 Å². The number of aryl methyl sites for hydroxylation is 1. The van der Waals surface area contributed by atoms with E-state index in [9.17, 15) is 35.9 Å². The number of halogens is 6. The van der Waals surface area contributed by atoms with E-state index in [0.29, 0.717) is 18.6 Å². The third-order valence-electron chi connectivity index (χ3n) is 4.26. The molecular weight excluding hydrogens is 414 g/mol. The number of primary amides is 1. The van der Waals surface area contributed by atoms with Gasteiger partial charge in [-0.2, -0.15) is 26.3 Å². The maximum atomic E-state index is 12.9. The summed E-state index contributed by atoms with van der Waals surface area (Å²) in [5, 5.41) is 2.28. The third kappa shape index (κ3) is 6.78.